The summed E-state index contributed by atoms with van der Waals surface area (Å²) >= 11 is 0. The van der Waals surface area contributed by atoms with Gasteiger partial charge in [0.1, 0.15) is 0 Å². The van der Waals surface area contributed by atoms with Crippen molar-refractivity contribution in [2.45, 2.75) is 19.3 Å². The first-order valence-electron chi connectivity index (χ1n) is 6.30. The highest BCUT2D eigenvalue weighted by Crippen LogP contribution is 2.20. The van der Waals surface area contributed by atoms with E-state index in [9.17, 15) is 9.59 Å². The average molecular weight is 256 g/mol. The van der Waals surface area contributed by atoms with Crippen LogP contribution >= 0.6 is 0 Å². The van der Waals surface area contributed by atoms with Crippen LogP contribution in [0.2, 0.25) is 0 Å². The maximum absolute atomic E-state index is 12.2. The normalized spacial score (nSPS) is 10.4. The molecular weight excluding hydrogens is 240 g/mol. The predicted octanol–water partition coefficient (Wildman–Crippen LogP) is 3.37. The van der Waals surface area contributed by atoms with Crippen LogP contribution < -0.4 is 0 Å². The molecular formula is C16H16O3. The van der Waals surface area contributed by atoms with Crippen molar-refractivity contribution in [3.8, 4) is 0 Å². The largest absolute Gasteiger partial charge is 0.469 e. The molecule has 0 atom stereocenters. The third kappa shape index (κ3) is 3.19. The van der Waals surface area contributed by atoms with E-state index in [2.05, 4.69) is 4.74 Å². The number of carbonyl (C=O) groups excluding carboxylic acids is 2. The second-order valence-corrected chi connectivity index (χ2v) is 4.38. The smallest absolute Gasteiger partial charge is 0.305 e. The Kier molecular flexibility index (Phi) is 4.29. The summed E-state index contributed by atoms with van der Waals surface area (Å²) in [4.78, 5) is 23.2. The van der Waals surface area contributed by atoms with Crippen molar-refractivity contribution in [3.05, 3.63) is 48.0 Å². The molecule has 0 unspecified atom stereocenters. The Hall–Kier alpha value is -2.16. The fourth-order valence-corrected chi connectivity index (χ4v) is 2.10. The molecule has 98 valence electrons. The van der Waals surface area contributed by atoms with Gasteiger partial charge in [0.15, 0.2) is 5.78 Å². The Labute approximate surface area is 112 Å². The number of ether oxygens (including phenoxy) is 1. The van der Waals surface area contributed by atoms with Gasteiger partial charge in [0.05, 0.1) is 7.11 Å². The van der Waals surface area contributed by atoms with Crippen LogP contribution in [0.5, 0.6) is 0 Å². The molecule has 0 spiro atoms. The highest BCUT2D eigenvalue weighted by Gasteiger charge is 2.10. The van der Waals surface area contributed by atoms with Crippen LogP contribution in [0.4, 0.5) is 0 Å². The second kappa shape index (κ2) is 6.14. The third-order valence-corrected chi connectivity index (χ3v) is 3.10. The Morgan fingerprint density at radius 2 is 1.74 bits per heavy atom. The summed E-state index contributed by atoms with van der Waals surface area (Å²) in [5.41, 5.74) is 0.725. The maximum Gasteiger partial charge on any atom is 0.305 e. The second-order valence-electron chi connectivity index (χ2n) is 4.38. The molecule has 19 heavy (non-hydrogen) atoms. The summed E-state index contributed by atoms with van der Waals surface area (Å²) in [5.74, 6) is -0.202. The van der Waals surface area contributed by atoms with Gasteiger partial charge in [0.25, 0.3) is 0 Å². The number of Topliss-reactive ketones (excluding diaryl/α,β-unsaturated/α-hetero) is 1. The van der Waals surface area contributed by atoms with Crippen LogP contribution in [0.3, 0.4) is 0 Å². The van der Waals surface area contributed by atoms with Crippen molar-refractivity contribution in [2.24, 2.45) is 0 Å². The Morgan fingerprint density at radius 3 is 2.53 bits per heavy atom. The quantitative estimate of drug-likeness (QED) is 0.608. The van der Waals surface area contributed by atoms with Crippen molar-refractivity contribution in [3.63, 3.8) is 0 Å². The highest BCUT2D eigenvalue weighted by atomic mass is 16.5. The lowest BCUT2D eigenvalue weighted by Gasteiger charge is -2.05. The Balaban J connectivity index is 2.11. The van der Waals surface area contributed by atoms with Crippen molar-refractivity contribution in [2.75, 3.05) is 7.11 Å². The maximum atomic E-state index is 12.2. The molecule has 0 N–H and O–H groups in total. The van der Waals surface area contributed by atoms with Gasteiger partial charge in [-0.05, 0) is 17.2 Å². The van der Waals surface area contributed by atoms with Gasteiger partial charge in [-0.3, -0.25) is 9.59 Å². The number of esters is 1. The predicted molar refractivity (Wildman–Crippen MR) is 74.1 cm³/mol. The van der Waals surface area contributed by atoms with Crippen LogP contribution in [0.25, 0.3) is 10.8 Å². The highest BCUT2D eigenvalue weighted by molar-refractivity contribution is 6.08. The average Bonchev–Trinajstić information content (AvgIpc) is 2.46. The molecule has 3 heteroatoms. The number of fused-ring (bicyclic) bond motifs is 1. The van der Waals surface area contributed by atoms with Gasteiger partial charge in [-0.25, -0.2) is 0 Å². The van der Waals surface area contributed by atoms with Crippen LogP contribution in [0, 0.1) is 0 Å². The molecule has 2 aromatic carbocycles. The number of ketones is 1. The summed E-state index contributed by atoms with van der Waals surface area (Å²) in [6.07, 6.45) is 1.17. The molecule has 0 amide bonds. The molecule has 0 radical (unpaired) electrons. The van der Waals surface area contributed by atoms with E-state index in [1.54, 1.807) is 0 Å². The molecule has 0 aliphatic carbocycles. The van der Waals surface area contributed by atoms with Crippen molar-refractivity contribution >= 4 is 22.5 Å². The molecule has 0 bridgehead atoms. The van der Waals surface area contributed by atoms with E-state index in [0.717, 1.165) is 16.3 Å². The lowest BCUT2D eigenvalue weighted by atomic mass is 9.99. The molecule has 0 aromatic heterocycles. The van der Waals surface area contributed by atoms with E-state index in [4.69, 9.17) is 0 Å². The first kappa shape index (κ1) is 13.3. The van der Waals surface area contributed by atoms with E-state index in [-0.39, 0.29) is 18.2 Å². The minimum atomic E-state index is -0.272. The van der Waals surface area contributed by atoms with Gasteiger partial charge in [-0.15, -0.1) is 0 Å². The molecule has 0 heterocycles. The van der Waals surface area contributed by atoms with Gasteiger partial charge in [-0.1, -0.05) is 42.5 Å². The number of rotatable bonds is 5. The molecule has 2 aromatic rings. The van der Waals surface area contributed by atoms with Crippen LogP contribution in [-0.4, -0.2) is 18.9 Å². The first-order valence-corrected chi connectivity index (χ1v) is 6.30. The summed E-state index contributed by atoms with van der Waals surface area (Å²) in [6.45, 7) is 0. The molecule has 3 nitrogen and oxygen atoms in total. The van der Waals surface area contributed by atoms with Crippen LogP contribution in [-0.2, 0) is 9.53 Å². The standard InChI is InChI=1S/C16H16O3/c1-19-16(18)11-5-10-15(17)14-9-4-7-12-6-2-3-8-13(12)14/h2-4,6-9H,5,10-11H2,1H3. The number of carbonyl (C=O) groups is 2. The van der Waals surface area contributed by atoms with Crippen molar-refractivity contribution in [1.29, 1.82) is 0 Å². The third-order valence-electron chi connectivity index (χ3n) is 3.10. The SMILES string of the molecule is COC(=O)CCCC(=O)c1cccc2ccccc12. The van der Waals surface area contributed by atoms with E-state index >= 15 is 0 Å². The number of hydrogen-bond acceptors (Lipinski definition) is 3. The first-order chi connectivity index (χ1) is 9.22. The summed E-state index contributed by atoms with van der Waals surface area (Å²) in [5, 5.41) is 2.02. The monoisotopic (exact) mass is 256 g/mol. The zero-order chi connectivity index (χ0) is 13.7. The number of benzene rings is 2. The minimum Gasteiger partial charge on any atom is -0.469 e. The summed E-state index contributed by atoms with van der Waals surface area (Å²) in [6, 6.07) is 13.5. The van der Waals surface area contributed by atoms with Crippen molar-refractivity contribution in [1.82, 2.24) is 0 Å². The fourth-order valence-electron chi connectivity index (χ4n) is 2.10. The lowest BCUT2D eigenvalue weighted by Crippen LogP contribution is -2.04. The topological polar surface area (TPSA) is 43.4 Å². The molecule has 0 aliphatic heterocycles. The van der Waals surface area contributed by atoms with Crippen molar-refractivity contribution < 1.29 is 14.3 Å². The van der Waals surface area contributed by atoms with Gasteiger partial charge in [-0.2, -0.15) is 0 Å². The minimum absolute atomic E-state index is 0.0701. The Morgan fingerprint density at radius 1 is 1.00 bits per heavy atom. The Bertz CT molecular complexity index is 596. The van der Waals surface area contributed by atoms with Gasteiger partial charge in [0, 0.05) is 18.4 Å². The van der Waals surface area contributed by atoms with E-state index in [1.807, 2.05) is 42.5 Å². The zero-order valence-electron chi connectivity index (χ0n) is 10.9. The molecule has 0 aliphatic rings. The van der Waals surface area contributed by atoms with E-state index in [0.29, 0.717) is 12.8 Å². The fraction of sp³-hybridized carbons (Fsp3) is 0.250. The molecule has 0 saturated heterocycles. The summed E-state index contributed by atoms with van der Waals surface area (Å²) < 4.78 is 4.56. The number of methoxy groups -OCH3 is 1. The molecule has 2 rings (SSSR count). The molecule has 0 saturated carbocycles. The van der Waals surface area contributed by atoms with Crippen LogP contribution in [0.1, 0.15) is 29.6 Å². The zero-order valence-corrected chi connectivity index (χ0v) is 10.9. The molecule has 0 fully saturated rings. The summed E-state index contributed by atoms with van der Waals surface area (Å²) in [7, 11) is 1.36. The van der Waals surface area contributed by atoms with Gasteiger partial charge >= 0.3 is 5.97 Å². The van der Waals surface area contributed by atoms with Gasteiger partial charge < -0.3 is 4.74 Å². The lowest BCUT2D eigenvalue weighted by molar-refractivity contribution is -0.140. The van der Waals surface area contributed by atoms with Crippen LogP contribution in [0.15, 0.2) is 42.5 Å². The van der Waals surface area contributed by atoms with Gasteiger partial charge in [0.2, 0.25) is 0 Å². The van der Waals surface area contributed by atoms with E-state index < -0.39 is 0 Å². The number of hydrogen-bond donors (Lipinski definition) is 0. The van der Waals surface area contributed by atoms with E-state index in [1.165, 1.54) is 7.11 Å².